The average Bonchev–Trinajstić information content (AvgIpc) is 3.25. The summed E-state index contributed by atoms with van der Waals surface area (Å²) in [6, 6.07) is 6.68. The van der Waals surface area contributed by atoms with Gasteiger partial charge in [-0.3, -0.25) is 9.69 Å². The number of carbonyl (C=O) groups excluding carboxylic acids is 2. The molecule has 0 bridgehead atoms. The third-order valence-electron chi connectivity index (χ3n) is 5.90. The van der Waals surface area contributed by atoms with E-state index in [1.54, 1.807) is 0 Å². The summed E-state index contributed by atoms with van der Waals surface area (Å²) >= 11 is 6.20. The second-order valence-corrected chi connectivity index (χ2v) is 8.49. The molecule has 0 saturated heterocycles. The quantitative estimate of drug-likeness (QED) is 0.400. The van der Waals surface area contributed by atoms with Crippen LogP contribution in [0.1, 0.15) is 35.8 Å². The molecule has 36 heavy (non-hydrogen) atoms. The number of anilines is 2. The molecular formula is C24H15ClF5N3O3. The van der Waals surface area contributed by atoms with Gasteiger partial charge < -0.3 is 15.7 Å². The lowest BCUT2D eigenvalue weighted by Gasteiger charge is -2.27. The van der Waals surface area contributed by atoms with E-state index in [4.69, 9.17) is 14.3 Å². The Kier molecular flexibility index (Phi) is 4.90. The Balaban J connectivity index is 1.60. The first-order chi connectivity index (χ1) is 17.7. The highest BCUT2D eigenvalue weighted by atomic mass is 35.5. The summed E-state index contributed by atoms with van der Waals surface area (Å²) in [5, 5.41) is 15.5. The van der Waals surface area contributed by atoms with Crippen LogP contribution in [0.3, 0.4) is 0 Å². The van der Waals surface area contributed by atoms with Gasteiger partial charge in [0, 0.05) is 33.0 Å². The average molecular weight is 526 g/mol. The van der Waals surface area contributed by atoms with Crippen molar-refractivity contribution in [1.29, 1.82) is 0 Å². The molecule has 0 aromatic heterocycles. The predicted molar refractivity (Wildman–Crippen MR) is 120 cm³/mol. The van der Waals surface area contributed by atoms with Crippen LogP contribution in [-0.4, -0.2) is 29.7 Å². The molecule has 0 fully saturated rings. The fourth-order valence-corrected chi connectivity index (χ4v) is 4.48. The molecule has 6 nitrogen and oxygen atoms in total. The van der Waals surface area contributed by atoms with Gasteiger partial charge in [-0.1, -0.05) is 17.7 Å². The summed E-state index contributed by atoms with van der Waals surface area (Å²) in [5.41, 5.74) is -6.02. The van der Waals surface area contributed by atoms with Crippen molar-refractivity contribution < 1.29 is 39.4 Å². The fourth-order valence-electron chi connectivity index (χ4n) is 4.26. The van der Waals surface area contributed by atoms with Crippen LogP contribution in [0.5, 0.6) is 0 Å². The third-order valence-corrected chi connectivity index (χ3v) is 6.25. The maximum absolute atomic E-state index is 14.0. The van der Waals surface area contributed by atoms with Crippen LogP contribution >= 0.6 is 11.6 Å². The van der Waals surface area contributed by atoms with E-state index in [2.05, 4.69) is 10.6 Å². The Morgan fingerprint density at radius 3 is 2.58 bits per heavy atom. The van der Waals surface area contributed by atoms with Crippen molar-refractivity contribution in [2.75, 3.05) is 16.7 Å². The number of amides is 3. The van der Waals surface area contributed by atoms with E-state index in [0.29, 0.717) is 12.1 Å². The summed E-state index contributed by atoms with van der Waals surface area (Å²) in [5.74, 6) is -2.47. The number of halogens is 6. The highest BCUT2D eigenvalue weighted by Crippen LogP contribution is 2.49. The van der Waals surface area contributed by atoms with E-state index in [1.807, 2.05) is 0 Å². The van der Waals surface area contributed by atoms with Gasteiger partial charge in [0.05, 0.1) is 21.0 Å². The number of rotatable bonds is 2. The highest BCUT2D eigenvalue weighted by Gasteiger charge is 2.61. The van der Waals surface area contributed by atoms with E-state index >= 15 is 0 Å². The Labute approximate surface area is 208 Å². The predicted octanol–water partition coefficient (Wildman–Crippen LogP) is 5.25. The second kappa shape index (κ2) is 8.17. The number of hydrogen-bond acceptors (Lipinski definition) is 3. The summed E-state index contributed by atoms with van der Waals surface area (Å²) in [6.07, 6.45) is -5.64. The number of carbonyl (C=O) groups is 2. The molecule has 0 unspecified atom stereocenters. The van der Waals surface area contributed by atoms with E-state index < -0.39 is 59.1 Å². The van der Waals surface area contributed by atoms with Gasteiger partial charge in [-0.25, -0.2) is 13.6 Å². The van der Waals surface area contributed by atoms with Crippen LogP contribution in [0, 0.1) is 11.6 Å². The molecule has 5 rings (SSSR count). The second-order valence-electron chi connectivity index (χ2n) is 8.09. The number of alkyl halides is 3. The van der Waals surface area contributed by atoms with Gasteiger partial charge in [0.15, 0.2) is 0 Å². The van der Waals surface area contributed by atoms with Gasteiger partial charge in [-0.05, 0) is 48.5 Å². The molecule has 12 heteroatoms. The molecule has 0 aliphatic carbocycles. The van der Waals surface area contributed by atoms with Crippen molar-refractivity contribution in [3.8, 4) is 0 Å². The van der Waals surface area contributed by atoms with Crippen molar-refractivity contribution in [1.82, 2.24) is 5.32 Å². The van der Waals surface area contributed by atoms with Gasteiger partial charge in [0.1, 0.15) is 11.6 Å². The zero-order valence-corrected chi connectivity index (χ0v) is 18.5. The molecule has 3 amide bonds. The number of nitrogens with one attached hydrogen (secondary N) is 2. The monoisotopic (exact) mass is 525 g/mol. The van der Waals surface area contributed by atoms with E-state index in [0.717, 1.165) is 18.2 Å². The number of benzene rings is 3. The third kappa shape index (κ3) is 3.66. The van der Waals surface area contributed by atoms with Crippen molar-refractivity contribution in [2.24, 2.45) is 0 Å². The van der Waals surface area contributed by atoms with Crippen molar-refractivity contribution >= 4 is 34.9 Å². The van der Waals surface area contributed by atoms with Crippen LogP contribution in [0.25, 0.3) is 0 Å². The first-order valence-corrected chi connectivity index (χ1v) is 10.7. The minimum atomic E-state index is -5.64. The summed E-state index contributed by atoms with van der Waals surface area (Å²) in [6.45, 7) is -3.82. The molecule has 186 valence electrons. The van der Waals surface area contributed by atoms with Crippen LogP contribution in [-0.2, 0) is 5.60 Å². The maximum atomic E-state index is 14.0. The number of urea groups is 1. The number of aliphatic hydroxyl groups is 1. The maximum Gasteiger partial charge on any atom is 0.423 e. The molecule has 2 aliphatic rings. The first kappa shape index (κ1) is 21.6. The standard InChI is InChI=1S/C24H15ClF5N3O3/c25-16-6-4-11(26)8-14(16)20-19-13(21(34)32-20)2-1-3-17(19)31-22(35)33-10-23(36,24(28,29)30)15-9-12(27)5-7-18(15)33/h1-9,20,36H,10H2,(H,31,35)(H,32,34)/t20-,23-/m1/s1/i10D2. The number of nitrogens with zero attached hydrogens (tertiary/aromatic N) is 1. The molecule has 0 saturated carbocycles. The lowest BCUT2D eigenvalue weighted by Crippen LogP contribution is -2.48. The first-order valence-electron chi connectivity index (χ1n) is 11.3. The van der Waals surface area contributed by atoms with Gasteiger partial charge in [0.2, 0.25) is 5.60 Å². The minimum absolute atomic E-state index is 0.0308. The molecule has 2 aliphatic heterocycles. The molecule has 3 aromatic carbocycles. The largest absolute Gasteiger partial charge is 0.423 e. The molecule has 0 spiro atoms. The van der Waals surface area contributed by atoms with E-state index in [1.165, 1.54) is 24.3 Å². The molecule has 3 N–H and O–H groups in total. The smallest absolute Gasteiger partial charge is 0.375 e. The normalized spacial score (nSPS) is 22.9. The SMILES string of the molecule is [2H]C1([2H])N(C(=O)Nc2cccc3c2[C@@H](c2cc(F)ccc2Cl)NC3=O)c2ccc(F)cc2[C@@]1(O)C(F)(F)F. The molecule has 2 heterocycles. The van der Waals surface area contributed by atoms with Crippen LogP contribution in [0.2, 0.25) is 5.02 Å². The van der Waals surface area contributed by atoms with Crippen LogP contribution in [0.15, 0.2) is 54.6 Å². The van der Waals surface area contributed by atoms with Gasteiger partial charge in [-0.2, -0.15) is 13.2 Å². The van der Waals surface area contributed by atoms with Gasteiger partial charge in [0.25, 0.3) is 5.91 Å². The Morgan fingerprint density at radius 1 is 1.17 bits per heavy atom. The van der Waals surface area contributed by atoms with Crippen molar-refractivity contribution in [2.45, 2.75) is 17.8 Å². The molecule has 2 atom stereocenters. The zero-order chi connectivity index (χ0) is 27.8. The Morgan fingerprint density at radius 2 is 1.86 bits per heavy atom. The van der Waals surface area contributed by atoms with Gasteiger partial charge in [-0.15, -0.1) is 0 Å². The molecular weight excluding hydrogens is 509 g/mol. The minimum Gasteiger partial charge on any atom is -0.375 e. The topological polar surface area (TPSA) is 81.7 Å². The lowest BCUT2D eigenvalue weighted by molar-refractivity contribution is -0.258. The van der Waals surface area contributed by atoms with E-state index in [-0.39, 0.29) is 32.3 Å². The van der Waals surface area contributed by atoms with Gasteiger partial charge >= 0.3 is 12.2 Å². The fraction of sp³-hybridized carbons (Fsp3) is 0.167. The van der Waals surface area contributed by atoms with Crippen molar-refractivity contribution in [3.05, 3.63) is 93.5 Å². The molecule has 3 aromatic rings. The van der Waals surface area contributed by atoms with Crippen LogP contribution < -0.4 is 15.5 Å². The molecule has 0 radical (unpaired) electrons. The van der Waals surface area contributed by atoms with Crippen molar-refractivity contribution in [3.63, 3.8) is 0 Å². The summed E-state index contributed by atoms with van der Waals surface area (Å²) in [7, 11) is 0. The lowest BCUT2D eigenvalue weighted by atomic mass is 9.95. The number of hydrogen-bond donors (Lipinski definition) is 3. The number of fused-ring (bicyclic) bond motifs is 2. The Bertz CT molecular complexity index is 1520. The zero-order valence-electron chi connectivity index (χ0n) is 19.8. The summed E-state index contributed by atoms with van der Waals surface area (Å²) in [4.78, 5) is 26.0. The highest BCUT2D eigenvalue weighted by molar-refractivity contribution is 6.31. The van der Waals surface area contributed by atoms with Crippen LogP contribution in [0.4, 0.5) is 38.1 Å². The Hall–Kier alpha value is -3.70. The van der Waals surface area contributed by atoms with E-state index in [9.17, 15) is 36.6 Å². The summed E-state index contributed by atoms with van der Waals surface area (Å²) < 4.78 is 86.1. The number of β-amino-alcohol motifs (C(OH)–C–C–N with tert-alkyl or cyclic N) is 1.